The number of nitrogens with one attached hydrogen (secondary N) is 1. The van der Waals surface area contributed by atoms with Crippen LogP contribution in [0.1, 0.15) is 5.56 Å². The van der Waals surface area contributed by atoms with Crippen LogP contribution >= 0.6 is 0 Å². The highest BCUT2D eigenvalue weighted by molar-refractivity contribution is 5.62. The zero-order valence-electron chi connectivity index (χ0n) is 10.3. The Balaban J connectivity index is 2.02. The lowest BCUT2D eigenvalue weighted by atomic mass is 10.1. The van der Waals surface area contributed by atoms with Crippen molar-refractivity contribution in [2.45, 2.75) is 6.92 Å². The lowest BCUT2D eigenvalue weighted by Crippen LogP contribution is -2.01. The number of nitrogens with zero attached hydrogens (tertiary/aromatic N) is 2. The molecule has 0 atom stereocenters. The van der Waals surface area contributed by atoms with Crippen molar-refractivity contribution in [3.63, 3.8) is 0 Å². The molecular weight excluding hydrogens is 242 g/mol. The topological polar surface area (TPSA) is 71.8 Å². The van der Waals surface area contributed by atoms with E-state index in [1.165, 1.54) is 6.07 Å². The van der Waals surface area contributed by atoms with Crippen LogP contribution in [0, 0.1) is 6.92 Å². The standard InChI is InChI=1S/C14H11N3O2/c1-9-4-2-3-5-11(9)13-16-14(19-17-13)10-6-7-12(18)15-8-10/h2-8H,1H3,(H,15,18). The quantitative estimate of drug-likeness (QED) is 0.761. The molecule has 5 nitrogen and oxygen atoms in total. The molecular formula is C14H11N3O2. The number of aryl methyl sites for hydroxylation is 1. The van der Waals surface area contributed by atoms with Crippen molar-refractivity contribution in [3.8, 4) is 22.8 Å². The first-order valence-corrected chi connectivity index (χ1v) is 5.83. The lowest BCUT2D eigenvalue weighted by Gasteiger charge is -1.97. The Bertz CT molecular complexity index is 754. The number of rotatable bonds is 2. The van der Waals surface area contributed by atoms with Gasteiger partial charge in [-0.15, -0.1) is 0 Å². The predicted octanol–water partition coefficient (Wildman–Crippen LogP) is 2.40. The highest BCUT2D eigenvalue weighted by Gasteiger charge is 2.11. The summed E-state index contributed by atoms with van der Waals surface area (Å²) >= 11 is 0. The summed E-state index contributed by atoms with van der Waals surface area (Å²) in [6, 6.07) is 10.9. The third kappa shape index (κ3) is 2.18. The molecule has 19 heavy (non-hydrogen) atoms. The Morgan fingerprint density at radius 3 is 2.74 bits per heavy atom. The molecule has 0 aliphatic rings. The molecule has 0 bridgehead atoms. The Hall–Kier alpha value is -2.69. The van der Waals surface area contributed by atoms with Gasteiger partial charge in [0.1, 0.15) is 0 Å². The summed E-state index contributed by atoms with van der Waals surface area (Å²) in [5.74, 6) is 0.925. The molecule has 94 valence electrons. The fourth-order valence-electron chi connectivity index (χ4n) is 1.82. The van der Waals surface area contributed by atoms with Gasteiger partial charge in [0.05, 0.1) is 5.56 Å². The molecule has 3 aromatic rings. The largest absolute Gasteiger partial charge is 0.334 e. The number of hydrogen-bond donors (Lipinski definition) is 1. The maximum absolute atomic E-state index is 11.0. The Morgan fingerprint density at radius 2 is 2.00 bits per heavy atom. The average Bonchev–Trinajstić information content (AvgIpc) is 2.89. The molecule has 0 radical (unpaired) electrons. The van der Waals surface area contributed by atoms with Crippen LogP contribution in [0.4, 0.5) is 0 Å². The maximum Gasteiger partial charge on any atom is 0.259 e. The van der Waals surface area contributed by atoms with Crippen LogP contribution in [-0.4, -0.2) is 15.1 Å². The van der Waals surface area contributed by atoms with E-state index in [4.69, 9.17) is 4.52 Å². The van der Waals surface area contributed by atoms with Crippen molar-refractivity contribution < 1.29 is 4.52 Å². The fraction of sp³-hybridized carbons (Fsp3) is 0.0714. The van der Waals surface area contributed by atoms with Gasteiger partial charge in [-0.25, -0.2) is 0 Å². The van der Waals surface area contributed by atoms with Gasteiger partial charge < -0.3 is 9.51 Å². The highest BCUT2D eigenvalue weighted by atomic mass is 16.5. The van der Waals surface area contributed by atoms with Crippen molar-refractivity contribution in [1.29, 1.82) is 0 Å². The van der Waals surface area contributed by atoms with Gasteiger partial charge in [0.15, 0.2) is 0 Å². The molecule has 2 aromatic heterocycles. The minimum atomic E-state index is -0.164. The van der Waals surface area contributed by atoms with E-state index in [0.717, 1.165) is 11.1 Å². The van der Waals surface area contributed by atoms with E-state index in [1.54, 1.807) is 12.3 Å². The van der Waals surface area contributed by atoms with E-state index in [2.05, 4.69) is 15.1 Å². The number of H-pyrrole nitrogens is 1. The first kappa shape index (κ1) is 11.4. The smallest absolute Gasteiger partial charge is 0.259 e. The SMILES string of the molecule is Cc1ccccc1-c1noc(-c2ccc(=O)[nH]c2)n1. The zero-order chi connectivity index (χ0) is 13.2. The summed E-state index contributed by atoms with van der Waals surface area (Å²) in [6.07, 6.45) is 1.55. The molecule has 0 saturated carbocycles. The summed E-state index contributed by atoms with van der Waals surface area (Å²) in [5, 5.41) is 3.97. The van der Waals surface area contributed by atoms with Crippen LogP contribution in [0.2, 0.25) is 0 Å². The third-order valence-corrected chi connectivity index (χ3v) is 2.84. The van der Waals surface area contributed by atoms with Gasteiger partial charge in [-0.3, -0.25) is 4.79 Å². The molecule has 0 aliphatic heterocycles. The normalized spacial score (nSPS) is 10.6. The van der Waals surface area contributed by atoms with Crippen LogP contribution in [0.15, 0.2) is 51.9 Å². The molecule has 5 heteroatoms. The Labute approximate surface area is 108 Å². The van der Waals surface area contributed by atoms with E-state index >= 15 is 0 Å². The number of benzene rings is 1. The Kier molecular flexibility index (Phi) is 2.72. The van der Waals surface area contributed by atoms with Crippen LogP contribution in [-0.2, 0) is 0 Å². The minimum absolute atomic E-state index is 0.164. The molecule has 0 fully saturated rings. The molecule has 0 spiro atoms. The number of aromatic amines is 1. The van der Waals surface area contributed by atoms with E-state index < -0.39 is 0 Å². The molecule has 0 saturated heterocycles. The molecule has 0 amide bonds. The second kappa shape index (κ2) is 4.53. The number of hydrogen-bond acceptors (Lipinski definition) is 4. The van der Waals surface area contributed by atoms with Gasteiger partial charge in [-0.1, -0.05) is 29.4 Å². The van der Waals surface area contributed by atoms with Gasteiger partial charge in [-0.2, -0.15) is 4.98 Å². The van der Waals surface area contributed by atoms with Gasteiger partial charge in [-0.05, 0) is 18.6 Å². The summed E-state index contributed by atoms with van der Waals surface area (Å²) in [7, 11) is 0. The molecule has 0 unspecified atom stereocenters. The van der Waals surface area contributed by atoms with Crippen molar-refractivity contribution >= 4 is 0 Å². The summed E-state index contributed by atoms with van der Waals surface area (Å²) < 4.78 is 5.22. The van der Waals surface area contributed by atoms with Crippen molar-refractivity contribution in [2.24, 2.45) is 0 Å². The molecule has 2 heterocycles. The number of pyridine rings is 1. The zero-order valence-corrected chi connectivity index (χ0v) is 10.3. The van der Waals surface area contributed by atoms with Gasteiger partial charge in [0.2, 0.25) is 11.4 Å². The maximum atomic E-state index is 11.0. The molecule has 1 aromatic carbocycles. The van der Waals surface area contributed by atoms with Crippen molar-refractivity contribution in [1.82, 2.24) is 15.1 Å². The molecule has 3 rings (SSSR count). The van der Waals surface area contributed by atoms with Gasteiger partial charge >= 0.3 is 0 Å². The average molecular weight is 253 g/mol. The van der Waals surface area contributed by atoms with E-state index in [-0.39, 0.29) is 5.56 Å². The summed E-state index contributed by atoms with van der Waals surface area (Å²) in [5.41, 5.74) is 2.53. The van der Waals surface area contributed by atoms with E-state index in [1.807, 2.05) is 31.2 Å². The fourth-order valence-corrected chi connectivity index (χ4v) is 1.82. The molecule has 1 N–H and O–H groups in total. The van der Waals surface area contributed by atoms with Crippen LogP contribution in [0.25, 0.3) is 22.8 Å². The first-order chi connectivity index (χ1) is 9.24. The summed E-state index contributed by atoms with van der Waals surface area (Å²) in [4.78, 5) is 17.9. The predicted molar refractivity (Wildman–Crippen MR) is 70.5 cm³/mol. The summed E-state index contributed by atoms with van der Waals surface area (Å²) in [6.45, 7) is 1.99. The minimum Gasteiger partial charge on any atom is -0.334 e. The van der Waals surface area contributed by atoms with E-state index in [9.17, 15) is 4.79 Å². The Morgan fingerprint density at radius 1 is 1.16 bits per heavy atom. The van der Waals surface area contributed by atoms with Gasteiger partial charge in [0, 0.05) is 17.8 Å². The van der Waals surface area contributed by atoms with Crippen molar-refractivity contribution in [3.05, 3.63) is 58.5 Å². The lowest BCUT2D eigenvalue weighted by molar-refractivity contribution is 0.432. The highest BCUT2D eigenvalue weighted by Crippen LogP contribution is 2.23. The first-order valence-electron chi connectivity index (χ1n) is 5.83. The second-order valence-corrected chi connectivity index (χ2v) is 4.18. The van der Waals surface area contributed by atoms with Crippen LogP contribution < -0.4 is 5.56 Å². The van der Waals surface area contributed by atoms with Crippen molar-refractivity contribution in [2.75, 3.05) is 0 Å². The van der Waals surface area contributed by atoms with E-state index in [0.29, 0.717) is 17.3 Å². The van der Waals surface area contributed by atoms with Gasteiger partial charge in [0.25, 0.3) is 5.89 Å². The second-order valence-electron chi connectivity index (χ2n) is 4.18. The van der Waals surface area contributed by atoms with Crippen LogP contribution in [0.3, 0.4) is 0 Å². The number of aromatic nitrogens is 3. The monoisotopic (exact) mass is 253 g/mol. The molecule has 0 aliphatic carbocycles. The third-order valence-electron chi connectivity index (χ3n) is 2.84. The van der Waals surface area contributed by atoms with Crippen LogP contribution in [0.5, 0.6) is 0 Å².